The highest BCUT2D eigenvalue weighted by molar-refractivity contribution is 5.71. The predicted octanol–water partition coefficient (Wildman–Crippen LogP) is 21.1. The second-order valence-electron chi connectivity index (χ2n) is 20.6. The lowest BCUT2D eigenvalue weighted by Crippen LogP contribution is -2.30. The fourth-order valence-corrected chi connectivity index (χ4v) is 8.75. The van der Waals surface area contributed by atoms with Crippen molar-refractivity contribution in [1.29, 1.82) is 0 Å². The number of hydrogen-bond acceptors (Lipinski definition) is 6. The van der Waals surface area contributed by atoms with E-state index in [2.05, 4.69) is 106 Å². The van der Waals surface area contributed by atoms with Crippen LogP contribution in [-0.4, -0.2) is 37.2 Å². The molecule has 0 aliphatic rings. The lowest BCUT2D eigenvalue weighted by molar-refractivity contribution is -0.167. The van der Waals surface area contributed by atoms with E-state index in [1.54, 1.807) is 0 Å². The van der Waals surface area contributed by atoms with E-state index in [0.717, 1.165) is 83.5 Å². The van der Waals surface area contributed by atoms with Gasteiger partial charge in [-0.1, -0.05) is 279 Å². The molecule has 0 saturated carbocycles. The fraction of sp³-hybridized carbons (Fsp3) is 0.746. The summed E-state index contributed by atoms with van der Waals surface area (Å²) in [6.45, 7) is 6.49. The zero-order valence-corrected chi connectivity index (χ0v) is 48.1. The van der Waals surface area contributed by atoms with Gasteiger partial charge in [0, 0.05) is 19.3 Å². The van der Waals surface area contributed by atoms with Crippen LogP contribution in [0.1, 0.15) is 303 Å². The van der Waals surface area contributed by atoms with Gasteiger partial charge in [0.05, 0.1) is 0 Å². The third-order valence-corrected chi connectivity index (χ3v) is 13.4. The van der Waals surface area contributed by atoms with Gasteiger partial charge in [0.2, 0.25) is 0 Å². The van der Waals surface area contributed by atoms with E-state index in [1.807, 2.05) is 0 Å². The number of ether oxygens (including phenoxy) is 3. The zero-order chi connectivity index (χ0) is 52.9. The molecule has 0 bridgehead atoms. The highest BCUT2D eigenvalue weighted by Crippen LogP contribution is 2.17. The van der Waals surface area contributed by atoms with E-state index in [-0.39, 0.29) is 37.5 Å². The Hall–Kier alpha value is -3.41. The molecule has 0 radical (unpaired) electrons. The predicted molar refractivity (Wildman–Crippen MR) is 316 cm³/mol. The Morgan fingerprint density at radius 1 is 0.288 bits per heavy atom. The van der Waals surface area contributed by atoms with Crippen LogP contribution in [0.25, 0.3) is 0 Å². The fourth-order valence-electron chi connectivity index (χ4n) is 8.75. The monoisotopic (exact) mass is 1020 g/mol. The first kappa shape index (κ1) is 69.6. The molecule has 73 heavy (non-hydrogen) atoms. The van der Waals surface area contributed by atoms with Crippen LogP contribution in [0.15, 0.2) is 85.1 Å². The van der Waals surface area contributed by atoms with E-state index >= 15 is 0 Å². The highest BCUT2D eigenvalue weighted by Gasteiger charge is 2.19. The molecule has 1 unspecified atom stereocenters. The molecule has 6 nitrogen and oxygen atoms in total. The third kappa shape index (κ3) is 59.3. The van der Waals surface area contributed by atoms with Gasteiger partial charge in [0.25, 0.3) is 0 Å². The molecule has 0 aromatic carbocycles. The maximum atomic E-state index is 12.9. The number of carbonyl (C=O) groups is 3. The zero-order valence-electron chi connectivity index (χ0n) is 48.1. The molecule has 0 heterocycles. The molecule has 0 aliphatic carbocycles. The second kappa shape index (κ2) is 61.1. The minimum absolute atomic E-state index is 0.0942. The van der Waals surface area contributed by atoms with Gasteiger partial charge in [-0.15, -0.1) is 0 Å². The van der Waals surface area contributed by atoms with Gasteiger partial charge >= 0.3 is 17.9 Å². The molecule has 0 saturated heterocycles. The molecule has 420 valence electrons. The highest BCUT2D eigenvalue weighted by atomic mass is 16.6. The number of unbranched alkanes of at least 4 members (excludes halogenated alkanes) is 31. The summed E-state index contributed by atoms with van der Waals surface area (Å²) >= 11 is 0. The van der Waals surface area contributed by atoms with Crippen LogP contribution in [0, 0.1) is 0 Å². The molecule has 0 rings (SSSR count). The Balaban J connectivity index is 4.43. The van der Waals surface area contributed by atoms with Crippen molar-refractivity contribution in [2.24, 2.45) is 0 Å². The Kier molecular flexibility index (Phi) is 58.3. The number of rotatable bonds is 56. The normalized spacial score (nSPS) is 12.6. The van der Waals surface area contributed by atoms with Gasteiger partial charge in [-0.2, -0.15) is 0 Å². The van der Waals surface area contributed by atoms with Crippen LogP contribution in [0.3, 0.4) is 0 Å². The average Bonchev–Trinajstić information content (AvgIpc) is 3.39. The Bertz CT molecular complexity index is 1400. The molecule has 0 aliphatic heterocycles. The minimum atomic E-state index is -0.801. The van der Waals surface area contributed by atoms with Gasteiger partial charge in [-0.05, 0) is 89.9 Å². The lowest BCUT2D eigenvalue weighted by atomic mass is 10.0. The van der Waals surface area contributed by atoms with Crippen LogP contribution in [0.4, 0.5) is 0 Å². The van der Waals surface area contributed by atoms with Gasteiger partial charge in [-0.3, -0.25) is 14.4 Å². The summed E-state index contributed by atoms with van der Waals surface area (Å²) in [5.41, 5.74) is 0. The van der Waals surface area contributed by atoms with E-state index in [4.69, 9.17) is 14.2 Å². The maximum Gasteiger partial charge on any atom is 0.306 e. The van der Waals surface area contributed by atoms with Crippen molar-refractivity contribution in [3.05, 3.63) is 85.1 Å². The van der Waals surface area contributed by atoms with Crippen molar-refractivity contribution in [2.45, 2.75) is 309 Å². The smallest absolute Gasteiger partial charge is 0.306 e. The average molecular weight is 1020 g/mol. The lowest BCUT2D eigenvalue weighted by Gasteiger charge is -2.18. The molecule has 6 heteroatoms. The number of esters is 3. The molecular formula is C67H116O6. The van der Waals surface area contributed by atoms with Gasteiger partial charge in [0.1, 0.15) is 13.2 Å². The number of carbonyl (C=O) groups excluding carboxylic acids is 3. The van der Waals surface area contributed by atoms with Crippen LogP contribution in [0.2, 0.25) is 0 Å². The summed E-state index contributed by atoms with van der Waals surface area (Å²) in [5.74, 6) is -0.946. The summed E-state index contributed by atoms with van der Waals surface area (Å²) in [5, 5.41) is 0. The number of hydrogen-bond donors (Lipinski definition) is 0. The summed E-state index contributed by atoms with van der Waals surface area (Å²) < 4.78 is 16.9. The van der Waals surface area contributed by atoms with Gasteiger partial charge < -0.3 is 14.2 Å². The molecule has 1 atom stereocenters. The van der Waals surface area contributed by atoms with E-state index in [9.17, 15) is 14.4 Å². The van der Waals surface area contributed by atoms with Crippen molar-refractivity contribution < 1.29 is 28.6 Å². The Morgan fingerprint density at radius 3 is 0.918 bits per heavy atom. The van der Waals surface area contributed by atoms with E-state index < -0.39 is 6.10 Å². The van der Waals surface area contributed by atoms with Crippen LogP contribution < -0.4 is 0 Å². The number of allylic oxidation sites excluding steroid dienone is 14. The van der Waals surface area contributed by atoms with Crippen molar-refractivity contribution in [1.82, 2.24) is 0 Å². The molecule has 0 N–H and O–H groups in total. The molecular weight excluding hydrogens is 901 g/mol. The first-order valence-electron chi connectivity index (χ1n) is 31.1. The van der Waals surface area contributed by atoms with E-state index in [0.29, 0.717) is 19.3 Å². The van der Waals surface area contributed by atoms with Crippen molar-refractivity contribution in [3.8, 4) is 0 Å². The van der Waals surface area contributed by atoms with E-state index in [1.165, 1.54) is 173 Å². The van der Waals surface area contributed by atoms with Crippen molar-refractivity contribution in [2.75, 3.05) is 13.2 Å². The van der Waals surface area contributed by atoms with Crippen LogP contribution >= 0.6 is 0 Å². The summed E-state index contributed by atoms with van der Waals surface area (Å²) in [6, 6.07) is 0. The second-order valence-corrected chi connectivity index (χ2v) is 20.6. The Labute approximate surface area is 452 Å². The molecule has 0 aromatic heterocycles. The first-order chi connectivity index (χ1) is 36.0. The largest absolute Gasteiger partial charge is 0.462 e. The standard InChI is InChI=1S/C67H116O6/c1-4-7-10-13-16-19-22-25-28-31-33-36-39-42-45-48-51-54-57-60-66(69)72-63-64(62-71-65(68)59-56-53-50-47-44-41-38-35-30-27-24-21-18-15-12-9-6-3)73-67(70)61-58-55-52-49-46-43-40-37-34-32-29-26-23-20-17-14-11-8-5-2/h9,12,16,18-19,21,25,27-28,30,38,41,47,50,64H,4-8,10-11,13-15,17,20,22-24,26,29,31-37,39-40,42-46,48-49,51-63H2,1-3H3/b12-9-,19-16-,21-18-,28-25-,30-27-,41-38-,50-47-. The molecule has 0 spiro atoms. The quantitative estimate of drug-likeness (QED) is 0.0261. The molecule has 0 fully saturated rings. The summed E-state index contributed by atoms with van der Waals surface area (Å²) in [7, 11) is 0. The van der Waals surface area contributed by atoms with Gasteiger partial charge in [-0.25, -0.2) is 0 Å². The van der Waals surface area contributed by atoms with Crippen LogP contribution in [0.5, 0.6) is 0 Å². The summed E-state index contributed by atoms with van der Waals surface area (Å²) in [4.78, 5) is 38.3. The minimum Gasteiger partial charge on any atom is -0.462 e. The molecule has 0 aromatic rings. The topological polar surface area (TPSA) is 78.9 Å². The Morgan fingerprint density at radius 2 is 0.548 bits per heavy atom. The third-order valence-electron chi connectivity index (χ3n) is 13.4. The van der Waals surface area contributed by atoms with Crippen LogP contribution in [-0.2, 0) is 28.6 Å². The maximum absolute atomic E-state index is 12.9. The SMILES string of the molecule is CC/C=C\C/C=C\C/C=C\C/C=C\C/C=C\CCCC(=O)OCC(COC(=O)CCCCCCCCCCC/C=C\C/C=C\CCCCC)OC(=O)CCCCCCCCCCCCCCCCCCCCC. The van der Waals surface area contributed by atoms with Crippen molar-refractivity contribution in [3.63, 3.8) is 0 Å². The van der Waals surface area contributed by atoms with Gasteiger partial charge in [0.15, 0.2) is 6.10 Å². The summed E-state index contributed by atoms with van der Waals surface area (Å²) in [6.07, 6.45) is 80.1. The first-order valence-corrected chi connectivity index (χ1v) is 31.1. The molecule has 0 amide bonds. The van der Waals surface area contributed by atoms with Crippen molar-refractivity contribution >= 4 is 17.9 Å².